The molecule has 4 heterocycles. The van der Waals surface area contributed by atoms with E-state index in [1.807, 2.05) is 19.2 Å². The first kappa shape index (κ1) is 22.1. The highest BCUT2D eigenvalue weighted by Gasteiger charge is 2.25. The minimum Gasteiger partial charge on any atom is -0.348 e. The summed E-state index contributed by atoms with van der Waals surface area (Å²) in [6.07, 6.45) is 5.83. The second kappa shape index (κ2) is 8.82. The van der Waals surface area contributed by atoms with Crippen molar-refractivity contribution in [2.75, 3.05) is 23.3 Å². The van der Waals surface area contributed by atoms with Gasteiger partial charge in [-0.2, -0.15) is 19.6 Å². The number of nitrogens with one attached hydrogen (secondary N) is 1. The van der Waals surface area contributed by atoms with Crippen LogP contribution in [0.25, 0.3) is 5.65 Å². The maximum absolute atomic E-state index is 12.3. The van der Waals surface area contributed by atoms with E-state index in [1.54, 1.807) is 16.8 Å². The zero-order chi connectivity index (χ0) is 22.9. The Morgan fingerprint density at radius 2 is 2.00 bits per heavy atom. The van der Waals surface area contributed by atoms with Crippen molar-refractivity contribution in [1.82, 2.24) is 24.6 Å². The number of ketones is 1. The van der Waals surface area contributed by atoms with E-state index < -0.39 is 0 Å². The minimum atomic E-state index is -0.114. The lowest BCUT2D eigenvalue weighted by Gasteiger charge is -2.30. The maximum atomic E-state index is 12.3. The number of carbonyl (C=O) groups is 1. The number of nitrogens with zero attached hydrogens (tertiary/aromatic N) is 6. The Balaban J connectivity index is 1.72. The Bertz CT molecular complexity index is 1110. The minimum absolute atomic E-state index is 0.0715. The summed E-state index contributed by atoms with van der Waals surface area (Å²) >= 11 is 0. The lowest BCUT2D eigenvalue weighted by Crippen LogP contribution is -2.40. The SMILES string of the molecule is CCC(=O)c1cccnc1CNc1nc(N2CCC(N)CC2)nc2c(C(C)(C)C)cnn12. The van der Waals surface area contributed by atoms with Gasteiger partial charge in [0.1, 0.15) is 0 Å². The number of Topliss-reactive ketones (excluding diaryl/α,β-unsaturated/α-hetero) is 1. The lowest BCUT2D eigenvalue weighted by atomic mass is 9.89. The molecule has 0 aliphatic carbocycles. The molecule has 9 heteroatoms. The number of fused-ring (bicyclic) bond motifs is 1. The number of nitrogens with two attached hydrogens (primary N) is 1. The van der Waals surface area contributed by atoms with Crippen molar-refractivity contribution in [1.29, 1.82) is 0 Å². The van der Waals surface area contributed by atoms with E-state index in [0.717, 1.165) is 37.1 Å². The summed E-state index contributed by atoms with van der Waals surface area (Å²) in [5.41, 5.74) is 9.14. The van der Waals surface area contributed by atoms with E-state index in [1.165, 1.54) is 0 Å². The monoisotopic (exact) mass is 436 g/mol. The smallest absolute Gasteiger partial charge is 0.230 e. The Labute approximate surface area is 188 Å². The fourth-order valence-electron chi connectivity index (χ4n) is 3.94. The third-order valence-electron chi connectivity index (χ3n) is 5.91. The summed E-state index contributed by atoms with van der Waals surface area (Å²) in [5, 5.41) is 7.93. The molecule has 3 N–H and O–H groups in total. The van der Waals surface area contributed by atoms with Gasteiger partial charge in [0.2, 0.25) is 11.9 Å². The highest BCUT2D eigenvalue weighted by Crippen LogP contribution is 2.28. The Hall–Kier alpha value is -3.07. The van der Waals surface area contributed by atoms with Crippen LogP contribution in [-0.4, -0.2) is 49.5 Å². The second-order valence-corrected chi connectivity index (χ2v) is 9.34. The van der Waals surface area contributed by atoms with Crippen LogP contribution in [0.3, 0.4) is 0 Å². The standard InChI is InChI=1S/C23H32N8O/c1-5-19(32)16-7-6-10-25-18(16)14-26-21-29-22(30-11-8-15(24)9-12-30)28-20-17(23(2,3)4)13-27-31(20)21/h6-7,10,13,15H,5,8-9,11-12,14,24H2,1-4H3,(H,26,28,29). The molecule has 0 bridgehead atoms. The molecule has 1 fully saturated rings. The molecule has 0 unspecified atom stereocenters. The van der Waals surface area contributed by atoms with Crippen LogP contribution in [0.1, 0.15) is 68.6 Å². The van der Waals surface area contributed by atoms with Crippen LogP contribution in [-0.2, 0) is 12.0 Å². The van der Waals surface area contributed by atoms with Gasteiger partial charge in [-0.15, -0.1) is 0 Å². The zero-order valence-corrected chi connectivity index (χ0v) is 19.3. The second-order valence-electron chi connectivity index (χ2n) is 9.34. The van der Waals surface area contributed by atoms with E-state index in [2.05, 4.69) is 41.1 Å². The van der Waals surface area contributed by atoms with Crippen molar-refractivity contribution >= 4 is 23.3 Å². The highest BCUT2D eigenvalue weighted by molar-refractivity contribution is 5.96. The number of piperidine rings is 1. The largest absolute Gasteiger partial charge is 0.348 e. The molecule has 170 valence electrons. The summed E-state index contributed by atoms with van der Waals surface area (Å²) in [6.45, 7) is 10.3. The first-order chi connectivity index (χ1) is 15.3. The quantitative estimate of drug-likeness (QED) is 0.567. The van der Waals surface area contributed by atoms with Crippen LogP contribution < -0.4 is 16.0 Å². The van der Waals surface area contributed by atoms with Crippen molar-refractivity contribution in [3.05, 3.63) is 41.3 Å². The van der Waals surface area contributed by atoms with Gasteiger partial charge in [0.15, 0.2) is 11.4 Å². The topological polar surface area (TPSA) is 114 Å². The van der Waals surface area contributed by atoms with Gasteiger partial charge in [0.05, 0.1) is 18.4 Å². The van der Waals surface area contributed by atoms with Crippen molar-refractivity contribution in [3.63, 3.8) is 0 Å². The fourth-order valence-corrected chi connectivity index (χ4v) is 3.94. The Morgan fingerprint density at radius 3 is 2.69 bits per heavy atom. The molecule has 0 atom stereocenters. The van der Waals surface area contributed by atoms with Gasteiger partial charge in [0, 0.05) is 42.9 Å². The van der Waals surface area contributed by atoms with Crippen molar-refractivity contribution in [2.45, 2.75) is 65.0 Å². The molecule has 3 aromatic heterocycles. The van der Waals surface area contributed by atoms with Crippen LogP contribution in [0.5, 0.6) is 0 Å². The number of rotatable bonds is 6. The van der Waals surface area contributed by atoms with E-state index in [-0.39, 0.29) is 17.2 Å². The van der Waals surface area contributed by atoms with Crippen LogP contribution >= 0.6 is 0 Å². The van der Waals surface area contributed by atoms with Gasteiger partial charge < -0.3 is 16.0 Å². The summed E-state index contributed by atoms with van der Waals surface area (Å²) in [6, 6.07) is 3.84. The lowest BCUT2D eigenvalue weighted by molar-refractivity contribution is 0.0987. The predicted octanol–water partition coefficient (Wildman–Crippen LogP) is 2.95. The molecule has 0 aromatic carbocycles. The van der Waals surface area contributed by atoms with Crippen molar-refractivity contribution < 1.29 is 4.79 Å². The van der Waals surface area contributed by atoms with Crippen molar-refractivity contribution in [2.24, 2.45) is 5.73 Å². The predicted molar refractivity (Wildman–Crippen MR) is 125 cm³/mol. The van der Waals surface area contributed by atoms with E-state index in [4.69, 9.17) is 15.7 Å². The molecule has 0 saturated carbocycles. The van der Waals surface area contributed by atoms with Gasteiger partial charge >= 0.3 is 0 Å². The normalized spacial score (nSPS) is 15.3. The molecular formula is C23H32N8O. The van der Waals surface area contributed by atoms with Crippen molar-refractivity contribution in [3.8, 4) is 0 Å². The molecule has 32 heavy (non-hydrogen) atoms. The summed E-state index contributed by atoms with van der Waals surface area (Å²) in [7, 11) is 0. The first-order valence-corrected chi connectivity index (χ1v) is 11.3. The average Bonchev–Trinajstić information content (AvgIpc) is 3.22. The van der Waals surface area contributed by atoms with Gasteiger partial charge in [-0.3, -0.25) is 9.78 Å². The van der Waals surface area contributed by atoms with Crippen LogP contribution in [0.4, 0.5) is 11.9 Å². The van der Waals surface area contributed by atoms with Crippen LogP contribution in [0.15, 0.2) is 24.5 Å². The summed E-state index contributed by atoms with van der Waals surface area (Å²) in [4.78, 5) is 28.6. The van der Waals surface area contributed by atoms with Crippen LogP contribution in [0.2, 0.25) is 0 Å². The number of hydrogen-bond acceptors (Lipinski definition) is 8. The van der Waals surface area contributed by atoms with E-state index in [9.17, 15) is 4.79 Å². The van der Waals surface area contributed by atoms with Gasteiger partial charge in [-0.25, -0.2) is 0 Å². The fraction of sp³-hybridized carbons (Fsp3) is 0.522. The maximum Gasteiger partial charge on any atom is 0.230 e. The molecule has 9 nitrogen and oxygen atoms in total. The van der Waals surface area contributed by atoms with Gasteiger partial charge in [-0.05, 0) is 30.4 Å². The van der Waals surface area contributed by atoms with E-state index in [0.29, 0.717) is 36.1 Å². The molecule has 3 aromatic rings. The number of carbonyl (C=O) groups excluding carboxylic acids is 1. The highest BCUT2D eigenvalue weighted by atomic mass is 16.1. The summed E-state index contributed by atoms with van der Waals surface area (Å²) in [5.74, 6) is 1.32. The Morgan fingerprint density at radius 1 is 1.25 bits per heavy atom. The average molecular weight is 437 g/mol. The number of anilines is 2. The summed E-state index contributed by atoms with van der Waals surface area (Å²) < 4.78 is 1.74. The number of pyridine rings is 1. The van der Waals surface area contributed by atoms with Gasteiger partial charge in [-0.1, -0.05) is 27.7 Å². The van der Waals surface area contributed by atoms with Crippen LogP contribution in [0, 0.1) is 0 Å². The third kappa shape index (κ3) is 4.43. The van der Waals surface area contributed by atoms with Gasteiger partial charge in [0.25, 0.3) is 0 Å². The Kier molecular flexibility index (Phi) is 6.10. The zero-order valence-electron chi connectivity index (χ0n) is 19.3. The third-order valence-corrected chi connectivity index (χ3v) is 5.91. The molecule has 4 rings (SSSR count). The van der Waals surface area contributed by atoms with E-state index >= 15 is 0 Å². The molecule has 1 saturated heterocycles. The molecule has 1 aliphatic heterocycles. The molecule has 0 radical (unpaired) electrons. The molecule has 0 amide bonds. The molecule has 0 spiro atoms. The molecule has 1 aliphatic rings. The number of hydrogen-bond donors (Lipinski definition) is 2. The number of aromatic nitrogens is 5. The molecular weight excluding hydrogens is 404 g/mol. The first-order valence-electron chi connectivity index (χ1n) is 11.3.